The third kappa shape index (κ3) is 4.80. The maximum Gasteiger partial charge on any atom is 0.341 e. The van der Waals surface area contributed by atoms with Crippen molar-refractivity contribution in [3.8, 4) is 5.69 Å². The number of hydrogen-bond acceptors (Lipinski definition) is 5. The fourth-order valence-electron chi connectivity index (χ4n) is 2.09. The molecule has 2 rings (SSSR count). The lowest BCUT2D eigenvalue weighted by Gasteiger charge is -2.18. The monoisotopic (exact) mass is 366 g/mol. The first-order valence-electron chi connectivity index (χ1n) is 7.66. The van der Waals surface area contributed by atoms with Crippen molar-refractivity contribution in [1.29, 1.82) is 0 Å². The van der Waals surface area contributed by atoms with Crippen molar-refractivity contribution < 1.29 is 14.3 Å². The average Bonchev–Trinajstić information content (AvgIpc) is 2.88. The Bertz CT molecular complexity index is 765. The molecule has 7 nitrogen and oxygen atoms in total. The second-order valence-electron chi connectivity index (χ2n) is 6.00. The zero-order valence-electron chi connectivity index (χ0n) is 14.7. The highest BCUT2D eigenvalue weighted by Gasteiger charge is 2.22. The lowest BCUT2D eigenvalue weighted by molar-refractivity contribution is -0.120. The summed E-state index contributed by atoms with van der Waals surface area (Å²) >= 11 is 0. The van der Waals surface area contributed by atoms with Crippen molar-refractivity contribution >= 4 is 30.0 Å². The van der Waals surface area contributed by atoms with Crippen LogP contribution in [0.2, 0.25) is 0 Å². The molecule has 0 radical (unpaired) electrons. The molecule has 0 saturated carbocycles. The van der Waals surface area contributed by atoms with E-state index in [-0.39, 0.29) is 18.3 Å². The molecule has 0 aliphatic heterocycles. The van der Waals surface area contributed by atoms with Gasteiger partial charge in [0.05, 0.1) is 29.7 Å². The molecule has 0 fully saturated rings. The van der Waals surface area contributed by atoms with E-state index in [1.165, 1.54) is 6.20 Å². The van der Waals surface area contributed by atoms with Crippen LogP contribution >= 0.6 is 12.4 Å². The minimum absolute atomic E-state index is 0. The first-order chi connectivity index (χ1) is 11.2. The lowest BCUT2D eigenvalue weighted by Crippen LogP contribution is -2.45. The molecule has 0 aliphatic carbocycles. The van der Waals surface area contributed by atoms with E-state index < -0.39 is 11.5 Å². The molecule has 0 spiro atoms. The van der Waals surface area contributed by atoms with E-state index in [0.717, 1.165) is 5.69 Å². The molecule has 3 N–H and O–H groups in total. The number of nitrogens with two attached hydrogens (primary N) is 1. The lowest BCUT2D eigenvalue weighted by atomic mass is 10.1. The number of benzene rings is 1. The van der Waals surface area contributed by atoms with Crippen LogP contribution in [0.25, 0.3) is 5.69 Å². The molecule has 0 unspecified atom stereocenters. The van der Waals surface area contributed by atoms with Gasteiger partial charge < -0.3 is 15.8 Å². The van der Waals surface area contributed by atoms with Gasteiger partial charge in [-0.1, -0.05) is 6.07 Å². The van der Waals surface area contributed by atoms with Crippen LogP contribution in [0, 0.1) is 6.92 Å². The van der Waals surface area contributed by atoms with Crippen LogP contribution in [-0.4, -0.2) is 33.8 Å². The summed E-state index contributed by atoms with van der Waals surface area (Å²) in [5.41, 5.74) is 7.20. The van der Waals surface area contributed by atoms with Crippen molar-refractivity contribution in [3.63, 3.8) is 0 Å². The van der Waals surface area contributed by atoms with Crippen molar-refractivity contribution in [2.45, 2.75) is 33.2 Å². The molecule has 1 amide bonds. The van der Waals surface area contributed by atoms with E-state index in [1.807, 2.05) is 6.07 Å². The molecule has 136 valence electrons. The number of amides is 1. The van der Waals surface area contributed by atoms with Gasteiger partial charge in [-0.3, -0.25) is 4.79 Å². The molecule has 1 aromatic heterocycles. The summed E-state index contributed by atoms with van der Waals surface area (Å²) in [6.45, 7) is 7.11. The van der Waals surface area contributed by atoms with Gasteiger partial charge in [0.15, 0.2) is 0 Å². The molecular formula is C17H23ClN4O3. The van der Waals surface area contributed by atoms with Gasteiger partial charge in [0.1, 0.15) is 5.56 Å². The second kappa shape index (κ2) is 8.13. The van der Waals surface area contributed by atoms with Gasteiger partial charge >= 0.3 is 5.97 Å². The van der Waals surface area contributed by atoms with Crippen LogP contribution in [0.15, 0.2) is 30.5 Å². The Labute approximate surface area is 152 Å². The Morgan fingerprint density at radius 1 is 1.36 bits per heavy atom. The second-order valence-corrected chi connectivity index (χ2v) is 6.00. The normalized spacial score (nSPS) is 10.8. The van der Waals surface area contributed by atoms with Crippen LogP contribution in [0.4, 0.5) is 5.69 Å². The van der Waals surface area contributed by atoms with Gasteiger partial charge in [-0.2, -0.15) is 5.10 Å². The number of anilines is 1. The zero-order valence-corrected chi connectivity index (χ0v) is 15.5. The smallest absolute Gasteiger partial charge is 0.341 e. The summed E-state index contributed by atoms with van der Waals surface area (Å²) in [5.74, 6) is -0.695. The van der Waals surface area contributed by atoms with Crippen molar-refractivity contribution in [2.75, 3.05) is 11.9 Å². The Morgan fingerprint density at radius 2 is 2.04 bits per heavy atom. The van der Waals surface area contributed by atoms with Crippen LogP contribution in [0.1, 0.15) is 36.8 Å². The summed E-state index contributed by atoms with van der Waals surface area (Å²) in [7, 11) is 0. The third-order valence-corrected chi connectivity index (χ3v) is 3.44. The van der Waals surface area contributed by atoms with Gasteiger partial charge in [-0.25, -0.2) is 9.48 Å². The number of aromatic nitrogens is 2. The van der Waals surface area contributed by atoms with E-state index >= 15 is 0 Å². The van der Waals surface area contributed by atoms with Crippen LogP contribution in [0.5, 0.6) is 0 Å². The van der Waals surface area contributed by atoms with Crippen molar-refractivity contribution in [2.24, 2.45) is 5.73 Å². The van der Waals surface area contributed by atoms with Crippen LogP contribution < -0.4 is 11.1 Å². The maximum atomic E-state index is 12.0. The molecule has 8 heteroatoms. The molecular weight excluding hydrogens is 344 g/mol. The Hall–Kier alpha value is -2.38. The van der Waals surface area contributed by atoms with Gasteiger partial charge in [-0.15, -0.1) is 12.4 Å². The highest BCUT2D eigenvalue weighted by Crippen LogP contribution is 2.19. The van der Waals surface area contributed by atoms with Crippen molar-refractivity contribution in [1.82, 2.24) is 9.78 Å². The predicted molar refractivity (Wildman–Crippen MR) is 98.4 cm³/mol. The van der Waals surface area contributed by atoms with E-state index in [0.29, 0.717) is 23.6 Å². The van der Waals surface area contributed by atoms with Gasteiger partial charge in [0.2, 0.25) is 5.91 Å². The molecule has 25 heavy (non-hydrogen) atoms. The predicted octanol–water partition coefficient (Wildman–Crippen LogP) is 2.46. The SMILES string of the molecule is CCOC(=O)c1cnn(-c2cccc(NC(=O)C(C)(C)N)c2)c1C.Cl. The van der Waals surface area contributed by atoms with Crippen molar-refractivity contribution in [3.05, 3.63) is 41.7 Å². The number of nitrogens with zero attached hydrogens (tertiary/aromatic N) is 2. The van der Waals surface area contributed by atoms with Gasteiger partial charge in [-0.05, 0) is 45.9 Å². The van der Waals surface area contributed by atoms with E-state index in [9.17, 15) is 9.59 Å². The molecule has 0 bridgehead atoms. The molecule has 0 saturated heterocycles. The Balaban J connectivity index is 0.00000312. The number of hydrogen-bond donors (Lipinski definition) is 2. The maximum absolute atomic E-state index is 12.0. The standard InChI is InChI=1S/C17H22N4O3.ClH/c1-5-24-15(22)14-10-19-21(11(14)2)13-8-6-7-12(9-13)20-16(23)17(3,4)18;/h6-10H,5,18H2,1-4H3,(H,20,23);1H. The van der Waals surface area contributed by atoms with Gasteiger partial charge in [0, 0.05) is 5.69 Å². The zero-order chi connectivity index (χ0) is 17.9. The number of rotatable bonds is 5. The number of carbonyl (C=O) groups excluding carboxylic acids is 2. The first-order valence-corrected chi connectivity index (χ1v) is 7.66. The number of carbonyl (C=O) groups is 2. The molecule has 1 heterocycles. The average molecular weight is 367 g/mol. The minimum Gasteiger partial charge on any atom is -0.462 e. The van der Waals surface area contributed by atoms with E-state index in [4.69, 9.17) is 10.5 Å². The minimum atomic E-state index is -0.977. The van der Waals surface area contributed by atoms with E-state index in [2.05, 4.69) is 10.4 Å². The molecule has 1 aromatic carbocycles. The topological polar surface area (TPSA) is 99.2 Å². The molecule has 2 aromatic rings. The summed E-state index contributed by atoms with van der Waals surface area (Å²) < 4.78 is 6.63. The van der Waals surface area contributed by atoms with Crippen LogP contribution in [0.3, 0.4) is 0 Å². The fourth-order valence-corrected chi connectivity index (χ4v) is 2.09. The molecule has 0 aliphatic rings. The number of esters is 1. The molecule has 0 atom stereocenters. The fraction of sp³-hybridized carbons (Fsp3) is 0.353. The quantitative estimate of drug-likeness (QED) is 0.792. The number of nitrogens with one attached hydrogen (secondary N) is 1. The highest BCUT2D eigenvalue weighted by atomic mass is 35.5. The summed E-state index contributed by atoms with van der Waals surface area (Å²) in [6.07, 6.45) is 1.47. The number of ether oxygens (including phenoxy) is 1. The van der Waals surface area contributed by atoms with E-state index in [1.54, 1.807) is 50.6 Å². The number of halogens is 1. The largest absolute Gasteiger partial charge is 0.462 e. The third-order valence-electron chi connectivity index (χ3n) is 3.44. The van der Waals surface area contributed by atoms with Gasteiger partial charge in [0.25, 0.3) is 0 Å². The first kappa shape index (κ1) is 20.7. The highest BCUT2D eigenvalue weighted by molar-refractivity contribution is 5.97. The Kier molecular flexibility index (Phi) is 6.72. The Morgan fingerprint density at radius 3 is 2.64 bits per heavy atom. The summed E-state index contributed by atoms with van der Waals surface area (Å²) in [5, 5.41) is 7.00. The summed E-state index contributed by atoms with van der Waals surface area (Å²) in [6, 6.07) is 7.15. The van der Waals surface area contributed by atoms with Crippen LogP contribution in [-0.2, 0) is 9.53 Å². The summed E-state index contributed by atoms with van der Waals surface area (Å²) in [4.78, 5) is 23.9.